The Kier molecular flexibility index (Phi) is 4.23. The van der Waals surface area contributed by atoms with Crippen LogP contribution in [0, 0.1) is 17.8 Å². The zero-order valence-electron chi connectivity index (χ0n) is 15.5. The van der Waals surface area contributed by atoms with Crippen molar-refractivity contribution in [2.45, 2.75) is 57.0 Å². The molecule has 0 spiro atoms. The van der Waals surface area contributed by atoms with Crippen LogP contribution in [-0.2, 0) is 0 Å². The average molecular weight is 385 g/mol. The highest BCUT2D eigenvalue weighted by Crippen LogP contribution is 2.63. The van der Waals surface area contributed by atoms with Crippen molar-refractivity contribution < 1.29 is 4.79 Å². The summed E-state index contributed by atoms with van der Waals surface area (Å²) in [4.78, 5) is 12.6. The molecule has 3 aliphatic rings. The molecule has 6 heteroatoms. The van der Waals surface area contributed by atoms with Gasteiger partial charge in [-0.15, -0.1) is 5.10 Å². The van der Waals surface area contributed by atoms with E-state index in [0.29, 0.717) is 40.3 Å². The minimum Gasteiger partial charge on any atom is -0.349 e. The minimum atomic E-state index is 0.00679. The van der Waals surface area contributed by atoms with Crippen molar-refractivity contribution >= 4 is 17.5 Å². The summed E-state index contributed by atoms with van der Waals surface area (Å²) in [6.45, 7) is 2.17. The molecular formula is C21H25ClN4O. The number of amides is 1. The van der Waals surface area contributed by atoms with Gasteiger partial charge in [-0.3, -0.25) is 4.79 Å². The number of nitrogens with zero attached hydrogens (tertiary/aromatic N) is 3. The Morgan fingerprint density at radius 2 is 1.96 bits per heavy atom. The Balaban J connectivity index is 1.21. The van der Waals surface area contributed by atoms with Crippen LogP contribution in [0.1, 0.15) is 67.0 Å². The van der Waals surface area contributed by atoms with E-state index in [1.165, 1.54) is 31.4 Å². The van der Waals surface area contributed by atoms with Crippen molar-refractivity contribution in [3.63, 3.8) is 0 Å². The van der Waals surface area contributed by atoms with E-state index in [1.807, 2.05) is 6.20 Å². The first-order valence-corrected chi connectivity index (χ1v) is 10.5. The highest BCUT2D eigenvalue weighted by molar-refractivity contribution is 6.30. The molecule has 27 heavy (non-hydrogen) atoms. The number of nitrogens with one attached hydrogen (secondary N) is 1. The third-order valence-corrected chi connectivity index (χ3v) is 7.01. The number of halogens is 1. The van der Waals surface area contributed by atoms with Crippen molar-refractivity contribution in [1.29, 1.82) is 0 Å². The van der Waals surface area contributed by atoms with E-state index < -0.39 is 0 Å². The molecule has 1 aromatic heterocycles. The molecule has 1 heterocycles. The summed E-state index contributed by atoms with van der Waals surface area (Å²) in [5.74, 6) is 2.72. The predicted octanol–water partition coefficient (Wildman–Crippen LogP) is 4.21. The van der Waals surface area contributed by atoms with E-state index in [1.54, 1.807) is 24.3 Å². The van der Waals surface area contributed by atoms with E-state index in [0.717, 1.165) is 6.42 Å². The van der Waals surface area contributed by atoms with Crippen LogP contribution in [0.15, 0.2) is 30.5 Å². The van der Waals surface area contributed by atoms with Crippen molar-refractivity contribution in [2.24, 2.45) is 17.8 Å². The van der Waals surface area contributed by atoms with E-state index in [2.05, 4.69) is 27.2 Å². The number of hydrogen-bond acceptors (Lipinski definition) is 3. The number of benzene rings is 1. The van der Waals surface area contributed by atoms with Crippen molar-refractivity contribution in [3.8, 4) is 0 Å². The van der Waals surface area contributed by atoms with Gasteiger partial charge in [0.2, 0.25) is 0 Å². The molecule has 2 aromatic rings. The Hall–Kier alpha value is -1.88. The van der Waals surface area contributed by atoms with Gasteiger partial charge in [-0.2, -0.15) is 0 Å². The van der Waals surface area contributed by atoms with Gasteiger partial charge in [0.15, 0.2) is 0 Å². The Labute approximate surface area is 164 Å². The van der Waals surface area contributed by atoms with Gasteiger partial charge < -0.3 is 5.32 Å². The SMILES string of the molecule is CCC(NC(=O)c1ccc(Cl)cc1)[C@H]1[C@@H]2C[C@@H](n3nncc3C3CC3)C[C@@H]21. The van der Waals surface area contributed by atoms with Gasteiger partial charge >= 0.3 is 0 Å². The molecule has 1 N–H and O–H groups in total. The second kappa shape index (κ2) is 6.62. The number of carbonyl (C=O) groups excluding carboxylic acids is 1. The van der Waals surface area contributed by atoms with Gasteiger partial charge in [-0.1, -0.05) is 23.7 Å². The van der Waals surface area contributed by atoms with Crippen LogP contribution in [0.3, 0.4) is 0 Å². The summed E-state index contributed by atoms with van der Waals surface area (Å²) in [6.07, 6.45) is 7.84. The van der Waals surface area contributed by atoms with Gasteiger partial charge in [0.25, 0.3) is 5.91 Å². The molecule has 5 rings (SSSR count). The molecule has 1 aromatic carbocycles. The summed E-state index contributed by atoms with van der Waals surface area (Å²) in [5.41, 5.74) is 2.01. The largest absolute Gasteiger partial charge is 0.349 e. The van der Waals surface area contributed by atoms with Crippen LogP contribution >= 0.6 is 11.6 Å². The van der Waals surface area contributed by atoms with Crippen LogP contribution in [0.25, 0.3) is 0 Å². The van der Waals surface area contributed by atoms with Crippen molar-refractivity contribution in [3.05, 3.63) is 46.7 Å². The maximum atomic E-state index is 12.6. The maximum absolute atomic E-state index is 12.6. The highest BCUT2D eigenvalue weighted by atomic mass is 35.5. The lowest BCUT2D eigenvalue weighted by atomic mass is 9.99. The Bertz CT molecular complexity index is 832. The van der Waals surface area contributed by atoms with Crippen LogP contribution in [0.5, 0.6) is 0 Å². The first-order chi connectivity index (χ1) is 13.2. The zero-order chi connectivity index (χ0) is 18.5. The van der Waals surface area contributed by atoms with Crippen molar-refractivity contribution in [1.82, 2.24) is 20.3 Å². The Morgan fingerprint density at radius 3 is 2.59 bits per heavy atom. The zero-order valence-corrected chi connectivity index (χ0v) is 16.3. The molecule has 0 saturated heterocycles. The molecule has 3 aliphatic carbocycles. The van der Waals surface area contributed by atoms with Crippen LogP contribution in [-0.4, -0.2) is 26.9 Å². The molecule has 0 bridgehead atoms. The van der Waals surface area contributed by atoms with E-state index in [9.17, 15) is 4.79 Å². The predicted molar refractivity (Wildman–Crippen MR) is 104 cm³/mol. The van der Waals surface area contributed by atoms with E-state index >= 15 is 0 Å². The molecule has 1 unspecified atom stereocenters. The number of carbonyl (C=O) groups is 1. The van der Waals surface area contributed by atoms with Crippen LogP contribution in [0.4, 0.5) is 0 Å². The second-order valence-corrected chi connectivity index (χ2v) is 8.84. The molecule has 5 nitrogen and oxygen atoms in total. The highest BCUT2D eigenvalue weighted by Gasteiger charge is 2.59. The monoisotopic (exact) mass is 384 g/mol. The van der Waals surface area contributed by atoms with Crippen molar-refractivity contribution in [2.75, 3.05) is 0 Å². The molecule has 5 atom stereocenters. The topological polar surface area (TPSA) is 59.8 Å². The van der Waals surface area contributed by atoms with E-state index in [-0.39, 0.29) is 11.9 Å². The quantitative estimate of drug-likeness (QED) is 0.811. The summed E-state index contributed by atoms with van der Waals surface area (Å²) in [7, 11) is 0. The lowest BCUT2D eigenvalue weighted by Gasteiger charge is -2.22. The molecule has 1 amide bonds. The molecule has 3 saturated carbocycles. The third-order valence-electron chi connectivity index (χ3n) is 6.76. The fraction of sp³-hybridized carbons (Fsp3) is 0.571. The average Bonchev–Trinajstić information content (AvgIpc) is 3.53. The van der Waals surface area contributed by atoms with Crippen LogP contribution in [0.2, 0.25) is 5.02 Å². The first-order valence-electron chi connectivity index (χ1n) is 10.1. The number of fused-ring (bicyclic) bond motifs is 1. The second-order valence-electron chi connectivity index (χ2n) is 8.40. The fourth-order valence-electron chi connectivity index (χ4n) is 5.19. The normalized spacial score (nSPS) is 30.0. The number of aromatic nitrogens is 3. The van der Waals surface area contributed by atoms with Gasteiger partial charge in [0.1, 0.15) is 0 Å². The molecule has 0 radical (unpaired) electrons. The fourth-order valence-corrected chi connectivity index (χ4v) is 5.32. The summed E-state index contributed by atoms with van der Waals surface area (Å²) >= 11 is 5.92. The maximum Gasteiger partial charge on any atom is 0.251 e. The molecule has 0 aliphatic heterocycles. The standard InChI is InChI=1S/C21H25ClN4O/c1-2-18(24-21(27)13-5-7-14(22)8-6-13)20-16-9-15(10-17(16)20)26-19(11-23-25-26)12-3-4-12/h5-8,11-12,15-18,20H,2-4,9-10H2,1H3,(H,24,27)/t15-,16-,17+,18?,20+. The first kappa shape index (κ1) is 17.2. The van der Waals surface area contributed by atoms with Gasteiger partial charge in [-0.25, -0.2) is 4.68 Å². The molecule has 3 fully saturated rings. The Morgan fingerprint density at radius 1 is 1.26 bits per heavy atom. The van der Waals surface area contributed by atoms with Gasteiger partial charge in [-0.05, 0) is 74.1 Å². The summed E-state index contributed by atoms with van der Waals surface area (Å²) < 4.78 is 2.20. The molecular weight excluding hydrogens is 360 g/mol. The lowest BCUT2D eigenvalue weighted by Crippen LogP contribution is -2.37. The van der Waals surface area contributed by atoms with Gasteiger partial charge in [0, 0.05) is 22.5 Å². The summed E-state index contributed by atoms with van der Waals surface area (Å²) in [5, 5.41) is 12.5. The summed E-state index contributed by atoms with van der Waals surface area (Å²) in [6, 6.07) is 7.87. The number of hydrogen-bond donors (Lipinski definition) is 1. The van der Waals surface area contributed by atoms with Crippen LogP contribution < -0.4 is 5.32 Å². The number of rotatable bonds is 6. The minimum absolute atomic E-state index is 0.00679. The molecule has 142 valence electrons. The smallest absolute Gasteiger partial charge is 0.251 e. The third kappa shape index (κ3) is 3.16. The van der Waals surface area contributed by atoms with Gasteiger partial charge in [0.05, 0.1) is 17.9 Å². The lowest BCUT2D eigenvalue weighted by molar-refractivity contribution is 0.0926. The van der Waals surface area contributed by atoms with E-state index in [4.69, 9.17) is 11.6 Å².